The lowest BCUT2D eigenvalue weighted by Gasteiger charge is -2.41. The normalized spacial score (nSPS) is 16.6. The molecule has 3 nitrogen and oxygen atoms in total. The highest BCUT2D eigenvalue weighted by atomic mass is 19.1. The summed E-state index contributed by atoms with van der Waals surface area (Å²) in [6.45, 7) is 26.1. The van der Waals surface area contributed by atoms with Crippen molar-refractivity contribution in [3.8, 4) is 0 Å². The maximum Gasteiger partial charge on any atom is 0.123 e. The summed E-state index contributed by atoms with van der Waals surface area (Å²) in [5.41, 5.74) is 5.94. The van der Waals surface area contributed by atoms with Gasteiger partial charge in [0.15, 0.2) is 0 Å². The predicted molar refractivity (Wildman–Crippen MR) is 148 cm³/mol. The van der Waals surface area contributed by atoms with E-state index in [1.54, 1.807) is 0 Å². The van der Waals surface area contributed by atoms with Crippen LogP contribution in [-0.2, 0) is 11.3 Å². The molecular formula is C31H43FN2O. The molecule has 1 saturated heterocycles. The molecule has 1 aliphatic rings. The monoisotopic (exact) mass is 478 g/mol. The van der Waals surface area contributed by atoms with Crippen LogP contribution in [0.2, 0.25) is 0 Å². The van der Waals surface area contributed by atoms with Gasteiger partial charge < -0.3 is 9.64 Å². The molecule has 0 spiro atoms. The molecule has 0 amide bonds. The fraction of sp³-hybridized carbons (Fsp3) is 0.419. The van der Waals surface area contributed by atoms with Crippen LogP contribution in [0.4, 0.5) is 4.39 Å². The number of piperazine rings is 1. The van der Waals surface area contributed by atoms with Crippen LogP contribution in [0, 0.1) is 19.7 Å². The third-order valence-corrected chi connectivity index (χ3v) is 5.77. The van der Waals surface area contributed by atoms with Crippen LogP contribution < -0.4 is 0 Å². The summed E-state index contributed by atoms with van der Waals surface area (Å²) in [4.78, 5) is 4.80. The van der Waals surface area contributed by atoms with Crippen molar-refractivity contribution in [2.45, 2.75) is 66.7 Å². The Morgan fingerprint density at radius 3 is 2.29 bits per heavy atom. The van der Waals surface area contributed by atoms with Gasteiger partial charge >= 0.3 is 0 Å². The van der Waals surface area contributed by atoms with Gasteiger partial charge in [0.05, 0.1) is 5.76 Å². The largest absolute Gasteiger partial charge is 0.493 e. The summed E-state index contributed by atoms with van der Waals surface area (Å²) in [5.74, 6) is 0.598. The van der Waals surface area contributed by atoms with Crippen LogP contribution in [0.15, 0.2) is 73.2 Å². The van der Waals surface area contributed by atoms with Crippen molar-refractivity contribution in [1.29, 1.82) is 0 Å². The second-order valence-corrected chi connectivity index (χ2v) is 10.5. The highest BCUT2D eigenvalue weighted by Crippen LogP contribution is 2.20. The number of rotatable bonds is 6. The Morgan fingerprint density at radius 1 is 1.09 bits per heavy atom. The average Bonchev–Trinajstić information content (AvgIpc) is 2.74. The third kappa shape index (κ3) is 10.1. The van der Waals surface area contributed by atoms with Gasteiger partial charge in [-0.1, -0.05) is 55.1 Å². The lowest BCUT2D eigenvalue weighted by Crippen LogP contribution is -2.50. The summed E-state index contributed by atoms with van der Waals surface area (Å²) in [7, 11) is 0. The van der Waals surface area contributed by atoms with Crippen molar-refractivity contribution in [3.63, 3.8) is 0 Å². The standard InChI is InChI=1S/C24H29FN2.C7H14O/c1-18-5-6-19(2)23(15-18)10-7-20(3)27-14-13-26(16-21(27)4)17-22-8-11-24(25)12-9-22;1-6(2)8-7(3,4)5/h5-12,15,21H,3,13-14,16-17H2,1-2,4H3;1H2,2-5H3/b10-7+;. The third-order valence-electron chi connectivity index (χ3n) is 5.77. The Kier molecular flexibility index (Phi) is 10.3. The van der Waals surface area contributed by atoms with Crippen molar-refractivity contribution in [1.82, 2.24) is 9.80 Å². The molecule has 4 heteroatoms. The topological polar surface area (TPSA) is 15.7 Å². The second-order valence-electron chi connectivity index (χ2n) is 10.5. The Labute approximate surface area is 212 Å². The van der Waals surface area contributed by atoms with Crippen LogP contribution in [0.1, 0.15) is 56.9 Å². The van der Waals surface area contributed by atoms with E-state index in [1.807, 2.05) is 39.8 Å². The first-order valence-corrected chi connectivity index (χ1v) is 12.4. The van der Waals surface area contributed by atoms with E-state index < -0.39 is 0 Å². The van der Waals surface area contributed by atoms with Gasteiger partial charge in [-0.3, -0.25) is 4.90 Å². The first-order valence-electron chi connectivity index (χ1n) is 12.4. The zero-order valence-electron chi connectivity index (χ0n) is 22.7. The molecule has 0 N–H and O–H groups in total. The van der Waals surface area contributed by atoms with Crippen molar-refractivity contribution in [3.05, 3.63) is 101 Å². The zero-order valence-corrected chi connectivity index (χ0v) is 22.7. The number of hydrogen-bond acceptors (Lipinski definition) is 3. The molecule has 2 aromatic carbocycles. The van der Waals surface area contributed by atoms with E-state index >= 15 is 0 Å². The number of benzene rings is 2. The van der Waals surface area contributed by atoms with Gasteiger partial charge in [-0.2, -0.15) is 0 Å². The van der Waals surface area contributed by atoms with E-state index in [0.717, 1.165) is 43.2 Å². The summed E-state index contributed by atoms with van der Waals surface area (Å²) in [6.07, 6.45) is 4.30. The number of hydrogen-bond donors (Lipinski definition) is 0. The Morgan fingerprint density at radius 2 is 1.74 bits per heavy atom. The molecule has 0 saturated carbocycles. The van der Waals surface area contributed by atoms with Crippen LogP contribution in [0.3, 0.4) is 0 Å². The maximum absolute atomic E-state index is 13.1. The van der Waals surface area contributed by atoms with E-state index in [1.165, 1.54) is 28.8 Å². The molecule has 1 unspecified atom stereocenters. The second kappa shape index (κ2) is 12.7. The molecule has 0 aromatic heterocycles. The van der Waals surface area contributed by atoms with Crippen LogP contribution >= 0.6 is 0 Å². The number of ether oxygens (including phenoxy) is 1. The molecular weight excluding hydrogens is 435 g/mol. The van der Waals surface area contributed by atoms with Gasteiger partial charge in [-0.25, -0.2) is 4.39 Å². The Hall–Kier alpha value is -2.85. The number of halogens is 1. The quantitative estimate of drug-likeness (QED) is 0.316. The maximum atomic E-state index is 13.1. The van der Waals surface area contributed by atoms with Gasteiger partial charge in [0.2, 0.25) is 0 Å². The zero-order chi connectivity index (χ0) is 26.2. The average molecular weight is 479 g/mol. The first kappa shape index (κ1) is 28.4. The van der Waals surface area contributed by atoms with Gasteiger partial charge in [0.1, 0.15) is 11.4 Å². The highest BCUT2D eigenvalue weighted by Gasteiger charge is 2.23. The molecule has 190 valence electrons. The Bertz CT molecular complexity index is 1020. The number of allylic oxidation sites excluding steroid dienone is 2. The van der Waals surface area contributed by atoms with E-state index in [2.05, 4.69) is 74.1 Å². The van der Waals surface area contributed by atoms with Crippen molar-refractivity contribution >= 4 is 6.08 Å². The minimum atomic E-state index is -0.177. The molecule has 0 radical (unpaired) electrons. The molecule has 2 aromatic rings. The van der Waals surface area contributed by atoms with Crippen molar-refractivity contribution < 1.29 is 9.13 Å². The summed E-state index contributed by atoms with van der Waals surface area (Å²) < 4.78 is 18.3. The van der Waals surface area contributed by atoms with Gasteiger partial charge in [0, 0.05) is 37.9 Å². The van der Waals surface area contributed by atoms with Crippen LogP contribution in [-0.4, -0.2) is 41.1 Å². The molecule has 1 atom stereocenters. The predicted octanol–water partition coefficient (Wildman–Crippen LogP) is 7.51. The van der Waals surface area contributed by atoms with Gasteiger partial charge in [-0.05, 0) is 83.4 Å². The lowest BCUT2D eigenvalue weighted by atomic mass is 10.0. The first-order chi connectivity index (χ1) is 16.3. The fourth-order valence-electron chi connectivity index (χ4n) is 4.20. The van der Waals surface area contributed by atoms with E-state index in [-0.39, 0.29) is 11.4 Å². The van der Waals surface area contributed by atoms with Crippen molar-refractivity contribution in [2.24, 2.45) is 0 Å². The van der Waals surface area contributed by atoms with E-state index in [9.17, 15) is 4.39 Å². The van der Waals surface area contributed by atoms with E-state index in [4.69, 9.17) is 4.74 Å². The highest BCUT2D eigenvalue weighted by molar-refractivity contribution is 5.57. The van der Waals surface area contributed by atoms with Crippen LogP contribution in [0.5, 0.6) is 0 Å². The summed E-state index contributed by atoms with van der Waals surface area (Å²) >= 11 is 0. The minimum absolute atomic E-state index is 0.0775. The number of nitrogens with zero attached hydrogens (tertiary/aromatic N) is 2. The molecule has 1 heterocycles. The lowest BCUT2D eigenvalue weighted by molar-refractivity contribution is 0.0544. The van der Waals surface area contributed by atoms with Crippen molar-refractivity contribution in [2.75, 3.05) is 19.6 Å². The Balaban J connectivity index is 0.000000466. The summed E-state index contributed by atoms with van der Waals surface area (Å²) in [6, 6.07) is 13.7. The fourth-order valence-corrected chi connectivity index (χ4v) is 4.20. The number of aryl methyl sites for hydroxylation is 2. The molecule has 3 rings (SSSR count). The molecule has 1 fully saturated rings. The molecule has 1 aliphatic heterocycles. The van der Waals surface area contributed by atoms with E-state index in [0.29, 0.717) is 6.04 Å². The SMILES string of the molecule is C=C(/C=C/c1cc(C)ccc1C)N1CCN(Cc2ccc(F)cc2)CC1C.C=C(C)OC(C)(C)C. The van der Waals surface area contributed by atoms with Gasteiger partial charge in [-0.15, -0.1) is 0 Å². The smallest absolute Gasteiger partial charge is 0.123 e. The summed E-state index contributed by atoms with van der Waals surface area (Å²) in [5, 5.41) is 0. The van der Waals surface area contributed by atoms with Crippen LogP contribution in [0.25, 0.3) is 6.08 Å². The minimum Gasteiger partial charge on any atom is -0.493 e. The molecule has 35 heavy (non-hydrogen) atoms. The molecule has 0 bridgehead atoms. The van der Waals surface area contributed by atoms with Gasteiger partial charge in [0.25, 0.3) is 0 Å². The molecule has 0 aliphatic carbocycles.